The minimum atomic E-state index is -1.01. The molecule has 0 bridgehead atoms. The Labute approximate surface area is 108 Å². The monoisotopic (exact) mass is 297 g/mol. The first-order chi connectivity index (χ1) is 8.11. The summed E-state index contributed by atoms with van der Waals surface area (Å²) < 4.78 is 0. The molecular formula is C12H12BrNO3. The second-order valence-corrected chi connectivity index (χ2v) is 4.39. The molecule has 90 valence electrons. The van der Waals surface area contributed by atoms with E-state index in [4.69, 9.17) is 0 Å². The highest BCUT2D eigenvalue weighted by Gasteiger charge is 2.32. The largest absolute Gasteiger partial charge is 0.298 e. The maximum Gasteiger partial charge on any atom is 0.276 e. The molecule has 0 radical (unpaired) electrons. The standard InChI is InChI=1S/C12H12BrNO3/c1-2-9(8-15)11(12(13)14(16)17)10-6-4-3-5-7-10/h2-8,11-12H,1H3/b9-2-/t11-,12-/m1/s1. The summed E-state index contributed by atoms with van der Waals surface area (Å²) in [6.07, 6.45) is 2.26. The van der Waals surface area contributed by atoms with Crippen LogP contribution in [0.4, 0.5) is 0 Å². The van der Waals surface area contributed by atoms with Crippen LogP contribution >= 0.6 is 15.9 Å². The van der Waals surface area contributed by atoms with E-state index in [9.17, 15) is 14.9 Å². The van der Waals surface area contributed by atoms with Gasteiger partial charge in [-0.15, -0.1) is 0 Å². The van der Waals surface area contributed by atoms with Gasteiger partial charge >= 0.3 is 0 Å². The third kappa shape index (κ3) is 3.23. The molecule has 0 spiro atoms. The van der Waals surface area contributed by atoms with Crippen molar-refractivity contribution in [1.29, 1.82) is 0 Å². The van der Waals surface area contributed by atoms with Gasteiger partial charge in [-0.25, -0.2) is 0 Å². The van der Waals surface area contributed by atoms with Crippen LogP contribution in [-0.4, -0.2) is 16.2 Å². The van der Waals surface area contributed by atoms with E-state index in [0.29, 0.717) is 11.9 Å². The molecular weight excluding hydrogens is 286 g/mol. The van der Waals surface area contributed by atoms with Crippen LogP contribution in [0.1, 0.15) is 18.4 Å². The fourth-order valence-electron chi connectivity index (χ4n) is 1.61. The first-order valence-electron chi connectivity index (χ1n) is 5.05. The maximum absolute atomic E-state index is 11.0. The molecule has 1 aromatic rings. The van der Waals surface area contributed by atoms with Gasteiger partial charge in [0.05, 0.1) is 5.92 Å². The van der Waals surface area contributed by atoms with Crippen molar-refractivity contribution in [3.8, 4) is 0 Å². The Kier molecular flexibility index (Phi) is 5.03. The van der Waals surface area contributed by atoms with Crippen molar-refractivity contribution in [1.82, 2.24) is 0 Å². The van der Waals surface area contributed by atoms with Crippen molar-refractivity contribution < 1.29 is 9.72 Å². The molecule has 0 amide bonds. The highest BCUT2D eigenvalue weighted by molar-refractivity contribution is 9.09. The van der Waals surface area contributed by atoms with E-state index >= 15 is 0 Å². The summed E-state index contributed by atoms with van der Waals surface area (Å²) in [5.41, 5.74) is 1.14. The Morgan fingerprint density at radius 2 is 2.00 bits per heavy atom. The Hall–Kier alpha value is -1.49. The lowest BCUT2D eigenvalue weighted by Crippen LogP contribution is -2.23. The molecule has 1 rings (SSSR count). The van der Waals surface area contributed by atoms with Crippen LogP contribution in [-0.2, 0) is 4.79 Å². The minimum absolute atomic E-state index is 0.398. The van der Waals surface area contributed by atoms with Gasteiger partial charge in [0.15, 0.2) is 0 Å². The zero-order valence-corrected chi connectivity index (χ0v) is 10.8. The van der Waals surface area contributed by atoms with Gasteiger partial charge in [0, 0.05) is 10.5 Å². The topological polar surface area (TPSA) is 60.2 Å². The molecule has 4 nitrogen and oxygen atoms in total. The van der Waals surface area contributed by atoms with E-state index in [0.717, 1.165) is 5.56 Å². The van der Waals surface area contributed by atoms with Gasteiger partial charge < -0.3 is 0 Å². The van der Waals surface area contributed by atoms with Crippen molar-refractivity contribution in [2.24, 2.45) is 0 Å². The molecule has 0 N–H and O–H groups in total. The second kappa shape index (κ2) is 6.30. The average Bonchev–Trinajstić information content (AvgIpc) is 2.36. The van der Waals surface area contributed by atoms with Gasteiger partial charge in [-0.3, -0.25) is 14.9 Å². The molecule has 0 unspecified atom stereocenters. The van der Waals surface area contributed by atoms with E-state index < -0.39 is 15.8 Å². The summed E-state index contributed by atoms with van der Waals surface area (Å²) >= 11 is 3.03. The Balaban J connectivity index is 3.20. The minimum Gasteiger partial charge on any atom is -0.298 e. The van der Waals surface area contributed by atoms with E-state index in [1.165, 1.54) is 0 Å². The Morgan fingerprint density at radius 3 is 2.41 bits per heavy atom. The molecule has 0 heterocycles. The third-order valence-corrected chi connectivity index (χ3v) is 3.33. The first kappa shape index (κ1) is 13.6. The highest BCUT2D eigenvalue weighted by atomic mass is 79.9. The molecule has 2 atom stereocenters. The number of rotatable bonds is 5. The zero-order chi connectivity index (χ0) is 12.8. The molecule has 0 aliphatic rings. The molecule has 17 heavy (non-hydrogen) atoms. The van der Waals surface area contributed by atoms with Crippen LogP contribution < -0.4 is 0 Å². The number of halogens is 1. The highest BCUT2D eigenvalue weighted by Crippen LogP contribution is 2.31. The number of benzene rings is 1. The summed E-state index contributed by atoms with van der Waals surface area (Å²) in [5.74, 6) is -0.575. The third-order valence-electron chi connectivity index (χ3n) is 2.46. The predicted octanol–water partition coefficient (Wildman–Crippen LogP) is 2.91. The van der Waals surface area contributed by atoms with Gasteiger partial charge in [0.1, 0.15) is 6.29 Å². The van der Waals surface area contributed by atoms with Crippen molar-refractivity contribution in [2.45, 2.75) is 17.8 Å². The summed E-state index contributed by atoms with van der Waals surface area (Å²) in [4.78, 5) is 20.4. The van der Waals surface area contributed by atoms with Crippen LogP contribution in [0, 0.1) is 10.1 Å². The van der Waals surface area contributed by atoms with E-state index in [2.05, 4.69) is 15.9 Å². The van der Waals surface area contributed by atoms with Gasteiger partial charge in [-0.2, -0.15) is 0 Å². The SMILES string of the molecule is C/C=C(/C=O)[C@H](c1ccccc1)[C@H](Br)[N+](=O)[O-]. The molecule has 5 heteroatoms. The number of carbonyl (C=O) groups is 1. The number of hydrogen-bond acceptors (Lipinski definition) is 3. The van der Waals surface area contributed by atoms with Crippen molar-refractivity contribution >= 4 is 22.2 Å². The predicted molar refractivity (Wildman–Crippen MR) is 68.7 cm³/mol. The van der Waals surface area contributed by atoms with E-state index in [1.54, 1.807) is 37.3 Å². The second-order valence-electron chi connectivity index (χ2n) is 3.45. The van der Waals surface area contributed by atoms with Crippen molar-refractivity contribution in [2.75, 3.05) is 0 Å². The molecule has 0 saturated carbocycles. The Morgan fingerprint density at radius 1 is 1.41 bits per heavy atom. The fourth-order valence-corrected chi connectivity index (χ4v) is 2.22. The lowest BCUT2D eigenvalue weighted by atomic mass is 9.91. The molecule has 0 saturated heterocycles. The number of nitro groups is 1. The van der Waals surface area contributed by atoms with E-state index in [-0.39, 0.29) is 0 Å². The van der Waals surface area contributed by atoms with Crippen LogP contribution in [0.5, 0.6) is 0 Å². The van der Waals surface area contributed by atoms with Gasteiger partial charge in [0.25, 0.3) is 4.95 Å². The molecule has 0 aliphatic heterocycles. The van der Waals surface area contributed by atoms with Gasteiger partial charge in [-0.05, 0) is 28.4 Å². The first-order valence-corrected chi connectivity index (χ1v) is 5.97. The summed E-state index contributed by atoms with van der Waals surface area (Å²) in [5, 5.41) is 10.9. The number of allylic oxidation sites excluding steroid dienone is 1. The molecule has 0 fully saturated rings. The smallest absolute Gasteiger partial charge is 0.276 e. The molecule has 0 aliphatic carbocycles. The zero-order valence-electron chi connectivity index (χ0n) is 9.25. The summed E-state index contributed by atoms with van der Waals surface area (Å²) in [7, 11) is 0. The normalized spacial score (nSPS) is 15.1. The average molecular weight is 298 g/mol. The fraction of sp³-hybridized carbons (Fsp3) is 0.250. The number of aldehydes is 1. The quantitative estimate of drug-likeness (QED) is 0.210. The summed E-state index contributed by atoms with van der Waals surface area (Å²) in [6.45, 7) is 1.69. The lowest BCUT2D eigenvalue weighted by Gasteiger charge is -2.17. The van der Waals surface area contributed by atoms with Gasteiger partial charge in [0.2, 0.25) is 0 Å². The molecule has 0 aromatic heterocycles. The van der Waals surface area contributed by atoms with Crippen LogP contribution in [0.3, 0.4) is 0 Å². The number of carbonyl (C=O) groups excluding carboxylic acids is 1. The number of hydrogen-bond donors (Lipinski definition) is 0. The number of alkyl halides is 1. The molecule has 1 aromatic carbocycles. The van der Waals surface area contributed by atoms with Gasteiger partial charge in [-0.1, -0.05) is 36.4 Å². The summed E-state index contributed by atoms with van der Waals surface area (Å²) in [6, 6.07) is 8.96. The van der Waals surface area contributed by atoms with Crippen molar-refractivity contribution in [3.05, 3.63) is 57.7 Å². The van der Waals surface area contributed by atoms with Crippen LogP contribution in [0.2, 0.25) is 0 Å². The maximum atomic E-state index is 11.0. The van der Waals surface area contributed by atoms with Crippen LogP contribution in [0.25, 0.3) is 0 Å². The van der Waals surface area contributed by atoms with E-state index in [1.807, 2.05) is 6.07 Å². The lowest BCUT2D eigenvalue weighted by molar-refractivity contribution is -0.495. The Bertz CT molecular complexity index is 431. The number of nitrogens with zero attached hydrogens (tertiary/aromatic N) is 1. The van der Waals surface area contributed by atoms with Crippen molar-refractivity contribution in [3.63, 3.8) is 0 Å². The van der Waals surface area contributed by atoms with Crippen LogP contribution in [0.15, 0.2) is 42.0 Å².